The molecule has 1 aromatic carbocycles. The van der Waals surface area contributed by atoms with Gasteiger partial charge in [0.05, 0.1) is 7.11 Å². The third kappa shape index (κ3) is 6.67. The molecule has 0 saturated carbocycles. The fourth-order valence-corrected chi connectivity index (χ4v) is 2.40. The number of hydrogen-bond acceptors (Lipinski definition) is 4. The van der Waals surface area contributed by atoms with Crippen molar-refractivity contribution in [3.8, 4) is 5.75 Å². The third-order valence-electron chi connectivity index (χ3n) is 2.91. The first-order chi connectivity index (χ1) is 10.6. The molecule has 5 nitrogen and oxygen atoms in total. The molecule has 0 heterocycles. The van der Waals surface area contributed by atoms with Gasteiger partial charge >= 0.3 is 5.97 Å². The van der Waals surface area contributed by atoms with Gasteiger partial charge in [-0.15, -0.1) is 0 Å². The average Bonchev–Trinajstić information content (AvgIpc) is 2.52. The number of methoxy groups -OCH3 is 1. The Morgan fingerprint density at radius 1 is 1.36 bits per heavy atom. The van der Waals surface area contributed by atoms with E-state index in [9.17, 15) is 9.59 Å². The van der Waals surface area contributed by atoms with Crippen molar-refractivity contribution in [2.45, 2.75) is 19.4 Å². The molecule has 0 spiro atoms. The topological polar surface area (TPSA) is 75.6 Å². The molecule has 0 fully saturated rings. The normalized spacial score (nSPS) is 12.1. The molecule has 0 aliphatic carbocycles. The van der Waals surface area contributed by atoms with Crippen LogP contribution in [0.4, 0.5) is 0 Å². The van der Waals surface area contributed by atoms with E-state index in [0.717, 1.165) is 17.1 Å². The van der Waals surface area contributed by atoms with Gasteiger partial charge < -0.3 is 15.2 Å². The first kappa shape index (κ1) is 18.1. The maximum absolute atomic E-state index is 11.8. The maximum Gasteiger partial charge on any atom is 0.326 e. The lowest BCUT2D eigenvalue weighted by Gasteiger charge is -2.12. The van der Waals surface area contributed by atoms with E-state index >= 15 is 0 Å². The number of carboxylic acid groups (broad SMARTS) is 1. The zero-order valence-electron chi connectivity index (χ0n) is 12.7. The smallest absolute Gasteiger partial charge is 0.326 e. The number of amides is 1. The fourth-order valence-electron chi connectivity index (χ4n) is 1.71. The van der Waals surface area contributed by atoms with Crippen molar-refractivity contribution in [1.29, 1.82) is 0 Å². The van der Waals surface area contributed by atoms with Gasteiger partial charge in [-0.3, -0.25) is 4.79 Å². The van der Waals surface area contributed by atoms with Crippen LogP contribution in [0.2, 0.25) is 0 Å². The number of benzene rings is 1. The van der Waals surface area contributed by atoms with Gasteiger partial charge in [-0.05, 0) is 41.7 Å². The molecular weight excluding hydrogens is 302 g/mol. The molecule has 1 rings (SSSR count). The molecule has 0 aromatic heterocycles. The Morgan fingerprint density at radius 2 is 2.05 bits per heavy atom. The number of rotatable bonds is 9. The standard InChI is InChI=1S/C16H21NO4S/c1-3-22-11-10-14(16(19)20)17-15(18)9-6-12-4-7-13(21-2)8-5-12/h4-9,14H,3,10-11H2,1-2H3,(H,17,18)(H,19,20)/b9-6+. The van der Waals surface area contributed by atoms with Crippen molar-refractivity contribution in [3.05, 3.63) is 35.9 Å². The molecule has 0 aliphatic rings. The van der Waals surface area contributed by atoms with E-state index < -0.39 is 17.9 Å². The Balaban J connectivity index is 2.54. The summed E-state index contributed by atoms with van der Waals surface area (Å²) in [7, 11) is 1.58. The third-order valence-corrected chi connectivity index (χ3v) is 3.85. The average molecular weight is 323 g/mol. The van der Waals surface area contributed by atoms with Crippen LogP contribution in [-0.4, -0.2) is 41.6 Å². The summed E-state index contributed by atoms with van der Waals surface area (Å²) in [5, 5.41) is 11.6. The first-order valence-electron chi connectivity index (χ1n) is 7.00. The van der Waals surface area contributed by atoms with Gasteiger partial charge in [0.15, 0.2) is 0 Å². The van der Waals surface area contributed by atoms with Crippen LogP contribution in [0, 0.1) is 0 Å². The molecule has 0 saturated heterocycles. The van der Waals surface area contributed by atoms with Gasteiger partial charge in [0, 0.05) is 6.08 Å². The summed E-state index contributed by atoms with van der Waals surface area (Å²) >= 11 is 1.65. The SMILES string of the molecule is CCSCCC(NC(=O)/C=C/c1ccc(OC)cc1)C(=O)O. The van der Waals surface area contributed by atoms with Crippen LogP contribution in [0.5, 0.6) is 5.75 Å². The minimum Gasteiger partial charge on any atom is -0.497 e. The van der Waals surface area contributed by atoms with E-state index in [4.69, 9.17) is 9.84 Å². The van der Waals surface area contributed by atoms with E-state index in [1.54, 1.807) is 37.1 Å². The van der Waals surface area contributed by atoms with Crippen molar-refractivity contribution in [3.63, 3.8) is 0 Å². The first-order valence-corrected chi connectivity index (χ1v) is 8.15. The van der Waals surface area contributed by atoms with Gasteiger partial charge in [0.1, 0.15) is 11.8 Å². The van der Waals surface area contributed by atoms with E-state index in [2.05, 4.69) is 5.32 Å². The summed E-state index contributed by atoms with van der Waals surface area (Å²) in [5.41, 5.74) is 0.837. The molecule has 1 aromatic rings. The van der Waals surface area contributed by atoms with Gasteiger partial charge in [-0.25, -0.2) is 4.79 Å². The quantitative estimate of drug-likeness (QED) is 0.539. The van der Waals surface area contributed by atoms with Gasteiger partial charge in [0.25, 0.3) is 0 Å². The number of ether oxygens (including phenoxy) is 1. The highest BCUT2D eigenvalue weighted by Gasteiger charge is 2.18. The number of nitrogens with one attached hydrogen (secondary N) is 1. The molecular formula is C16H21NO4S. The Hall–Kier alpha value is -1.95. The van der Waals surface area contributed by atoms with Gasteiger partial charge in [-0.1, -0.05) is 19.1 Å². The second-order valence-corrected chi connectivity index (χ2v) is 5.89. The second kappa shape index (κ2) is 9.89. The van der Waals surface area contributed by atoms with E-state index in [1.165, 1.54) is 6.08 Å². The number of aliphatic carboxylic acids is 1. The predicted octanol–water partition coefficient (Wildman–Crippen LogP) is 2.42. The lowest BCUT2D eigenvalue weighted by atomic mass is 10.2. The van der Waals surface area contributed by atoms with Crippen LogP contribution in [0.1, 0.15) is 18.9 Å². The van der Waals surface area contributed by atoms with Crippen molar-refractivity contribution in [2.24, 2.45) is 0 Å². The van der Waals surface area contributed by atoms with Crippen LogP contribution in [0.25, 0.3) is 6.08 Å². The monoisotopic (exact) mass is 323 g/mol. The Labute approximate surface area is 134 Å². The number of carbonyl (C=O) groups excluding carboxylic acids is 1. The van der Waals surface area contributed by atoms with Gasteiger partial charge in [0.2, 0.25) is 5.91 Å². The summed E-state index contributed by atoms with van der Waals surface area (Å²) in [4.78, 5) is 22.9. The number of carbonyl (C=O) groups is 2. The van der Waals surface area contributed by atoms with Crippen molar-refractivity contribution < 1.29 is 19.4 Å². The second-order valence-electron chi connectivity index (χ2n) is 4.49. The molecule has 1 unspecified atom stereocenters. The van der Waals surface area contributed by atoms with Crippen LogP contribution in [-0.2, 0) is 9.59 Å². The van der Waals surface area contributed by atoms with E-state index in [0.29, 0.717) is 12.2 Å². The summed E-state index contributed by atoms with van der Waals surface area (Å²) < 4.78 is 5.05. The largest absolute Gasteiger partial charge is 0.497 e. The van der Waals surface area contributed by atoms with Crippen molar-refractivity contribution in [2.75, 3.05) is 18.6 Å². The Morgan fingerprint density at radius 3 is 2.59 bits per heavy atom. The minimum absolute atomic E-state index is 0.412. The molecule has 120 valence electrons. The minimum atomic E-state index is -1.01. The fraction of sp³-hybridized carbons (Fsp3) is 0.375. The van der Waals surface area contributed by atoms with Crippen LogP contribution in [0.15, 0.2) is 30.3 Å². The van der Waals surface area contributed by atoms with Crippen LogP contribution < -0.4 is 10.1 Å². The molecule has 6 heteroatoms. The maximum atomic E-state index is 11.8. The Bertz CT molecular complexity index is 513. The summed E-state index contributed by atoms with van der Waals surface area (Å²) in [6.45, 7) is 2.01. The summed E-state index contributed by atoms with van der Waals surface area (Å²) in [5.74, 6) is 0.946. The zero-order valence-corrected chi connectivity index (χ0v) is 13.6. The van der Waals surface area contributed by atoms with E-state index in [1.807, 2.05) is 19.1 Å². The van der Waals surface area contributed by atoms with E-state index in [-0.39, 0.29) is 0 Å². The lowest BCUT2D eigenvalue weighted by Crippen LogP contribution is -2.40. The van der Waals surface area contributed by atoms with Crippen LogP contribution >= 0.6 is 11.8 Å². The summed E-state index contributed by atoms with van der Waals surface area (Å²) in [6.07, 6.45) is 3.38. The highest BCUT2D eigenvalue weighted by atomic mass is 32.2. The molecule has 0 radical (unpaired) electrons. The molecule has 1 atom stereocenters. The molecule has 2 N–H and O–H groups in total. The number of carboxylic acids is 1. The molecule has 0 bridgehead atoms. The Kier molecular flexibility index (Phi) is 8.14. The van der Waals surface area contributed by atoms with Gasteiger partial charge in [-0.2, -0.15) is 11.8 Å². The number of thioether (sulfide) groups is 1. The molecule has 0 aliphatic heterocycles. The molecule has 1 amide bonds. The highest BCUT2D eigenvalue weighted by molar-refractivity contribution is 7.99. The lowest BCUT2D eigenvalue weighted by molar-refractivity contribution is -0.141. The van der Waals surface area contributed by atoms with Crippen molar-refractivity contribution >= 4 is 29.7 Å². The highest BCUT2D eigenvalue weighted by Crippen LogP contribution is 2.12. The summed E-state index contributed by atoms with van der Waals surface area (Å²) in [6, 6.07) is 6.36. The predicted molar refractivity (Wildman–Crippen MR) is 89.2 cm³/mol. The van der Waals surface area contributed by atoms with Crippen molar-refractivity contribution in [1.82, 2.24) is 5.32 Å². The van der Waals surface area contributed by atoms with Crippen LogP contribution in [0.3, 0.4) is 0 Å². The zero-order chi connectivity index (χ0) is 16.4. The molecule has 22 heavy (non-hydrogen) atoms. The number of hydrogen-bond donors (Lipinski definition) is 2.